The van der Waals surface area contributed by atoms with E-state index < -0.39 is 0 Å². The van der Waals surface area contributed by atoms with Gasteiger partial charge in [-0.15, -0.1) is 0 Å². The van der Waals surface area contributed by atoms with Crippen molar-refractivity contribution in [2.45, 2.75) is 100 Å². The summed E-state index contributed by atoms with van der Waals surface area (Å²) in [6, 6.07) is 0. The highest BCUT2D eigenvalue weighted by atomic mass is 14.1. The minimum absolute atomic E-state index is 0.406. The summed E-state index contributed by atoms with van der Waals surface area (Å²) in [5.74, 6) is 0. The lowest BCUT2D eigenvalue weighted by atomic mass is 9.91. The molecule has 0 atom stereocenters. The van der Waals surface area contributed by atoms with E-state index in [0.717, 1.165) is 0 Å². The molecule has 0 aromatic rings. The average Bonchev–Trinajstić information content (AvgIpc) is 2.44. The van der Waals surface area contributed by atoms with Crippen LogP contribution in [0.4, 0.5) is 0 Å². The van der Waals surface area contributed by atoms with Crippen molar-refractivity contribution < 1.29 is 0 Å². The lowest BCUT2D eigenvalue weighted by molar-refractivity contribution is 0.419. The molecular formula is C24H42. The molecule has 0 heteroatoms. The highest BCUT2D eigenvalue weighted by Crippen LogP contribution is 2.21. The van der Waals surface area contributed by atoms with E-state index in [4.69, 9.17) is 0 Å². The first-order chi connectivity index (χ1) is 11.1. The van der Waals surface area contributed by atoms with E-state index in [2.05, 4.69) is 79.7 Å². The molecule has 0 aliphatic carbocycles. The van der Waals surface area contributed by atoms with Crippen LogP contribution in [0.2, 0.25) is 0 Å². The number of hydrogen-bond acceptors (Lipinski definition) is 0. The second-order valence-electron chi connectivity index (χ2n) is 8.81. The Morgan fingerprint density at radius 3 is 1.33 bits per heavy atom. The number of hydrogen-bond donors (Lipinski definition) is 0. The topological polar surface area (TPSA) is 0 Å². The van der Waals surface area contributed by atoms with Gasteiger partial charge in [-0.1, -0.05) is 67.4 Å². The van der Waals surface area contributed by atoms with Crippen molar-refractivity contribution in [1.82, 2.24) is 0 Å². The Labute approximate surface area is 152 Å². The van der Waals surface area contributed by atoms with Crippen LogP contribution in [0.1, 0.15) is 100 Å². The lowest BCUT2D eigenvalue weighted by Crippen LogP contribution is -2.02. The fourth-order valence-corrected chi connectivity index (χ4v) is 2.47. The van der Waals surface area contributed by atoms with Gasteiger partial charge in [0.05, 0.1) is 0 Å². The Hall–Kier alpha value is -1.04. The van der Waals surface area contributed by atoms with Crippen LogP contribution in [0.15, 0.2) is 46.6 Å². The maximum absolute atomic E-state index is 2.43. The van der Waals surface area contributed by atoms with Gasteiger partial charge in [0.1, 0.15) is 0 Å². The Balaban J connectivity index is 4.05. The molecule has 0 aromatic heterocycles. The summed E-state index contributed by atoms with van der Waals surface area (Å²) in [5, 5.41) is 0. The monoisotopic (exact) mass is 330 g/mol. The highest BCUT2D eigenvalue weighted by Gasteiger charge is 2.07. The fourth-order valence-electron chi connectivity index (χ4n) is 2.47. The zero-order valence-corrected chi connectivity index (χ0v) is 17.8. The van der Waals surface area contributed by atoms with Crippen molar-refractivity contribution in [2.24, 2.45) is 5.41 Å². The molecule has 0 saturated heterocycles. The van der Waals surface area contributed by atoms with Crippen LogP contribution in [-0.4, -0.2) is 0 Å². The summed E-state index contributed by atoms with van der Waals surface area (Å²) in [6.07, 6.45) is 17.9. The van der Waals surface area contributed by atoms with Crippen molar-refractivity contribution in [3.63, 3.8) is 0 Å². The Morgan fingerprint density at radius 2 is 0.958 bits per heavy atom. The third-order valence-electron chi connectivity index (χ3n) is 4.22. The molecule has 0 unspecified atom stereocenters. The molecule has 0 saturated carbocycles. The van der Waals surface area contributed by atoms with Gasteiger partial charge >= 0.3 is 0 Å². The predicted octanol–water partition coefficient (Wildman–Crippen LogP) is 8.57. The number of allylic oxidation sites excluding steroid dienone is 8. The van der Waals surface area contributed by atoms with E-state index in [9.17, 15) is 0 Å². The molecule has 0 radical (unpaired) electrons. The molecule has 0 aromatic carbocycles. The van der Waals surface area contributed by atoms with Crippen LogP contribution in [0.3, 0.4) is 0 Å². The molecule has 0 aliphatic heterocycles. The van der Waals surface area contributed by atoms with Crippen LogP contribution in [0.25, 0.3) is 0 Å². The maximum atomic E-state index is 2.43. The molecule has 0 rings (SSSR count). The Bertz CT molecular complexity index is 457. The number of rotatable bonds is 10. The molecule has 0 fully saturated rings. The summed E-state index contributed by atoms with van der Waals surface area (Å²) < 4.78 is 0. The third kappa shape index (κ3) is 15.8. The van der Waals surface area contributed by atoms with Crippen molar-refractivity contribution in [1.29, 1.82) is 0 Å². The van der Waals surface area contributed by atoms with Crippen molar-refractivity contribution >= 4 is 0 Å². The summed E-state index contributed by atoms with van der Waals surface area (Å²) >= 11 is 0. The molecule has 24 heavy (non-hydrogen) atoms. The molecule has 0 amide bonds. The Morgan fingerprint density at radius 1 is 0.583 bits per heavy atom. The van der Waals surface area contributed by atoms with E-state index in [0.29, 0.717) is 5.41 Å². The molecule has 0 N–H and O–H groups in total. The lowest BCUT2D eigenvalue weighted by Gasteiger charge is -2.15. The van der Waals surface area contributed by atoms with Crippen molar-refractivity contribution in [3.05, 3.63) is 46.6 Å². The van der Waals surface area contributed by atoms with Crippen LogP contribution >= 0.6 is 0 Å². The summed E-state index contributed by atoms with van der Waals surface area (Å²) in [6.45, 7) is 18.1. The largest absolute Gasteiger partial charge is 0.0856 e. The second-order valence-corrected chi connectivity index (χ2v) is 8.81. The van der Waals surface area contributed by atoms with E-state index in [1.165, 1.54) is 67.2 Å². The van der Waals surface area contributed by atoms with Gasteiger partial charge in [-0.25, -0.2) is 0 Å². The Kier molecular flexibility index (Phi) is 11.8. The van der Waals surface area contributed by atoms with Gasteiger partial charge < -0.3 is 0 Å². The van der Waals surface area contributed by atoms with Crippen molar-refractivity contribution in [2.75, 3.05) is 0 Å². The van der Waals surface area contributed by atoms with Gasteiger partial charge in [-0.3, -0.25) is 0 Å². The van der Waals surface area contributed by atoms with E-state index in [1.54, 1.807) is 0 Å². The summed E-state index contributed by atoms with van der Waals surface area (Å²) in [4.78, 5) is 0. The van der Waals surface area contributed by atoms with Gasteiger partial charge in [0.25, 0.3) is 0 Å². The molecule has 0 nitrogen and oxygen atoms in total. The fraction of sp³-hybridized carbons (Fsp3) is 0.667. The van der Waals surface area contributed by atoms with E-state index >= 15 is 0 Å². The predicted molar refractivity (Wildman–Crippen MR) is 112 cm³/mol. The second kappa shape index (κ2) is 12.3. The normalized spacial score (nSPS) is 14.1. The molecule has 0 bridgehead atoms. The quantitative estimate of drug-likeness (QED) is 0.352. The first-order valence-electron chi connectivity index (χ1n) is 9.70. The van der Waals surface area contributed by atoms with E-state index in [-0.39, 0.29) is 0 Å². The van der Waals surface area contributed by atoms with Crippen molar-refractivity contribution in [3.8, 4) is 0 Å². The third-order valence-corrected chi connectivity index (χ3v) is 4.22. The van der Waals surface area contributed by atoms with Gasteiger partial charge in [-0.05, 0) is 85.0 Å². The maximum Gasteiger partial charge on any atom is -0.0288 e. The molecule has 0 heterocycles. The zero-order valence-electron chi connectivity index (χ0n) is 17.8. The van der Waals surface area contributed by atoms with Crippen LogP contribution in [0.5, 0.6) is 0 Å². The summed E-state index contributed by atoms with van der Waals surface area (Å²) in [5.41, 5.74) is 6.42. The van der Waals surface area contributed by atoms with Gasteiger partial charge in [-0.2, -0.15) is 0 Å². The molecule has 0 aliphatic rings. The van der Waals surface area contributed by atoms with Crippen LogP contribution < -0.4 is 0 Å². The standard InChI is InChI=1S/C24H42/c1-20(2)12-9-13-21(3)14-10-15-22(4)16-11-17-23(5)18-19-24(6,7)8/h12,14,16,18H,9-11,13,15,17,19H2,1-8H3/b21-14+,22-16+,23-18+. The van der Waals surface area contributed by atoms with Gasteiger partial charge in [0.15, 0.2) is 0 Å². The van der Waals surface area contributed by atoms with Crippen LogP contribution in [0, 0.1) is 5.41 Å². The molecule has 0 spiro atoms. The van der Waals surface area contributed by atoms with E-state index in [1.807, 2.05) is 0 Å². The first kappa shape index (κ1) is 23.0. The molecule has 138 valence electrons. The van der Waals surface area contributed by atoms with Gasteiger partial charge in [0, 0.05) is 0 Å². The highest BCUT2D eigenvalue weighted by molar-refractivity contribution is 5.07. The summed E-state index contributed by atoms with van der Waals surface area (Å²) in [7, 11) is 0. The average molecular weight is 331 g/mol. The van der Waals surface area contributed by atoms with Gasteiger partial charge in [0.2, 0.25) is 0 Å². The minimum atomic E-state index is 0.406. The smallest absolute Gasteiger partial charge is 0.0288 e. The minimum Gasteiger partial charge on any atom is -0.0856 e. The zero-order chi connectivity index (χ0) is 18.6. The first-order valence-corrected chi connectivity index (χ1v) is 9.70. The van der Waals surface area contributed by atoms with Crippen LogP contribution in [-0.2, 0) is 0 Å². The SMILES string of the molecule is CC(C)=CCC/C(C)=C/CC/C(C)=C/CC/C(C)=C/CC(C)(C)C. The molecular weight excluding hydrogens is 288 g/mol.